The highest BCUT2D eigenvalue weighted by atomic mass is 35.5. The summed E-state index contributed by atoms with van der Waals surface area (Å²) in [4.78, 5) is 12.0. The maximum Gasteiger partial charge on any atom is 0.251 e. The van der Waals surface area contributed by atoms with Crippen LogP contribution < -0.4 is 11.1 Å². The van der Waals surface area contributed by atoms with Crippen molar-refractivity contribution in [1.82, 2.24) is 5.32 Å². The number of halogens is 4. The van der Waals surface area contributed by atoms with E-state index < -0.39 is 28.9 Å². The highest BCUT2D eigenvalue weighted by Crippen LogP contribution is 2.29. The van der Waals surface area contributed by atoms with Gasteiger partial charge in [0, 0.05) is 12.1 Å². The van der Waals surface area contributed by atoms with Crippen molar-refractivity contribution < 1.29 is 18.0 Å². The molecule has 7 heteroatoms. The summed E-state index contributed by atoms with van der Waals surface area (Å²) in [6.07, 6.45) is 3.37. The number of benzene rings is 1. The zero-order valence-corrected chi connectivity index (χ0v) is 11.5. The fourth-order valence-electron chi connectivity index (χ4n) is 2.43. The van der Waals surface area contributed by atoms with E-state index in [9.17, 15) is 18.0 Å². The molecule has 1 amide bonds. The minimum Gasteiger partial charge on any atom is -0.345 e. The summed E-state index contributed by atoms with van der Waals surface area (Å²) in [7, 11) is 0. The lowest BCUT2D eigenvalue weighted by molar-refractivity contribution is 0.0902. The van der Waals surface area contributed by atoms with E-state index in [-0.39, 0.29) is 24.5 Å². The molecule has 0 atom stereocenters. The highest BCUT2D eigenvalue weighted by molar-refractivity contribution is 5.94. The predicted octanol–water partition coefficient (Wildman–Crippen LogP) is 2.53. The molecule has 1 saturated carbocycles. The number of rotatable bonds is 3. The number of carbonyl (C=O) groups excluding carboxylic acids is 1. The Kier molecular flexibility index (Phi) is 5.42. The van der Waals surface area contributed by atoms with Crippen LogP contribution in [0, 0.1) is 17.5 Å². The Morgan fingerprint density at radius 1 is 1.20 bits per heavy atom. The molecule has 0 radical (unpaired) electrons. The Morgan fingerprint density at radius 3 is 2.15 bits per heavy atom. The molecule has 1 aliphatic carbocycles. The molecule has 0 bridgehead atoms. The van der Waals surface area contributed by atoms with Gasteiger partial charge in [0.1, 0.15) is 0 Å². The molecule has 0 spiro atoms. The van der Waals surface area contributed by atoms with E-state index >= 15 is 0 Å². The molecular weight excluding hydrogens is 293 g/mol. The van der Waals surface area contributed by atoms with Gasteiger partial charge in [0.05, 0.1) is 5.54 Å². The summed E-state index contributed by atoms with van der Waals surface area (Å²) in [5, 5.41) is 2.71. The third-order valence-corrected chi connectivity index (χ3v) is 3.58. The topological polar surface area (TPSA) is 55.1 Å². The van der Waals surface area contributed by atoms with Gasteiger partial charge in [-0.3, -0.25) is 4.79 Å². The molecule has 1 aromatic rings. The van der Waals surface area contributed by atoms with E-state index in [1.54, 1.807) is 0 Å². The van der Waals surface area contributed by atoms with E-state index in [4.69, 9.17) is 5.73 Å². The van der Waals surface area contributed by atoms with E-state index in [0.717, 1.165) is 25.7 Å². The number of hydrogen-bond acceptors (Lipinski definition) is 2. The Balaban J connectivity index is 0.00000200. The van der Waals surface area contributed by atoms with Crippen molar-refractivity contribution in [2.75, 3.05) is 6.54 Å². The summed E-state index contributed by atoms with van der Waals surface area (Å²) in [5.74, 6) is -4.96. The second kappa shape index (κ2) is 6.45. The summed E-state index contributed by atoms with van der Waals surface area (Å²) < 4.78 is 39.0. The van der Waals surface area contributed by atoms with Crippen LogP contribution in [0.5, 0.6) is 0 Å². The first kappa shape index (κ1) is 16.8. The largest absolute Gasteiger partial charge is 0.345 e. The van der Waals surface area contributed by atoms with Gasteiger partial charge in [0.25, 0.3) is 5.91 Å². The Morgan fingerprint density at radius 2 is 1.70 bits per heavy atom. The van der Waals surface area contributed by atoms with Crippen molar-refractivity contribution in [3.8, 4) is 0 Å². The first-order valence-corrected chi connectivity index (χ1v) is 6.14. The van der Waals surface area contributed by atoms with Crippen LogP contribution in [-0.4, -0.2) is 18.0 Å². The molecule has 0 aliphatic heterocycles. The normalized spacial score (nSPS) is 16.6. The Hall–Kier alpha value is -1.27. The Bertz CT molecular complexity index is 481. The van der Waals surface area contributed by atoms with Crippen LogP contribution in [0.2, 0.25) is 0 Å². The maximum atomic E-state index is 13.1. The van der Waals surface area contributed by atoms with Gasteiger partial charge in [0.2, 0.25) is 0 Å². The van der Waals surface area contributed by atoms with Crippen molar-refractivity contribution in [2.45, 2.75) is 31.2 Å². The van der Waals surface area contributed by atoms with E-state index in [1.807, 2.05) is 0 Å². The van der Waals surface area contributed by atoms with Crippen molar-refractivity contribution >= 4 is 18.3 Å². The lowest BCUT2D eigenvalue weighted by atomic mass is 9.97. The van der Waals surface area contributed by atoms with Gasteiger partial charge in [-0.2, -0.15) is 0 Å². The predicted molar refractivity (Wildman–Crippen MR) is 71.3 cm³/mol. The number of nitrogens with two attached hydrogens (primary N) is 1. The van der Waals surface area contributed by atoms with E-state index in [1.165, 1.54) is 0 Å². The lowest BCUT2D eigenvalue weighted by Gasteiger charge is -2.28. The Labute approximate surface area is 121 Å². The highest BCUT2D eigenvalue weighted by Gasteiger charge is 2.34. The molecule has 1 fully saturated rings. The van der Waals surface area contributed by atoms with Crippen LogP contribution >= 0.6 is 12.4 Å². The smallest absolute Gasteiger partial charge is 0.251 e. The lowest BCUT2D eigenvalue weighted by Crippen LogP contribution is -2.51. The van der Waals surface area contributed by atoms with Crippen molar-refractivity contribution in [3.05, 3.63) is 35.1 Å². The molecular formula is C13H16ClF3N2O. The zero-order valence-electron chi connectivity index (χ0n) is 10.7. The standard InChI is InChI=1S/C13H15F3N2O.ClH/c14-9-5-8(6-10(15)11(9)16)12(19)18-13(7-17)3-1-2-4-13;/h5-6H,1-4,7,17H2,(H,18,19);1H. The summed E-state index contributed by atoms with van der Waals surface area (Å²) in [5.41, 5.74) is 4.90. The monoisotopic (exact) mass is 308 g/mol. The number of amides is 1. The molecule has 0 saturated heterocycles. The number of carbonyl (C=O) groups is 1. The van der Waals surface area contributed by atoms with Crippen molar-refractivity contribution in [3.63, 3.8) is 0 Å². The molecule has 112 valence electrons. The molecule has 0 aromatic heterocycles. The fraction of sp³-hybridized carbons (Fsp3) is 0.462. The van der Waals surface area contributed by atoms with Gasteiger partial charge in [-0.05, 0) is 25.0 Å². The number of hydrogen-bond donors (Lipinski definition) is 2. The van der Waals surface area contributed by atoms with Crippen LogP contribution in [0.4, 0.5) is 13.2 Å². The number of nitrogens with one attached hydrogen (secondary N) is 1. The molecule has 0 heterocycles. The summed E-state index contributed by atoms with van der Waals surface area (Å²) >= 11 is 0. The average molecular weight is 309 g/mol. The van der Waals surface area contributed by atoms with Gasteiger partial charge in [-0.15, -0.1) is 12.4 Å². The van der Waals surface area contributed by atoms with Crippen LogP contribution in [0.1, 0.15) is 36.0 Å². The van der Waals surface area contributed by atoms with E-state index in [2.05, 4.69) is 5.32 Å². The van der Waals surface area contributed by atoms with Crippen LogP contribution in [0.3, 0.4) is 0 Å². The van der Waals surface area contributed by atoms with Gasteiger partial charge < -0.3 is 11.1 Å². The van der Waals surface area contributed by atoms with Gasteiger partial charge >= 0.3 is 0 Å². The summed E-state index contributed by atoms with van der Waals surface area (Å²) in [6, 6.07) is 1.37. The van der Waals surface area contributed by atoms with Gasteiger partial charge in [-0.1, -0.05) is 12.8 Å². The maximum absolute atomic E-state index is 13.1. The van der Waals surface area contributed by atoms with Gasteiger partial charge in [0.15, 0.2) is 17.5 Å². The SMILES string of the molecule is Cl.NCC1(NC(=O)c2cc(F)c(F)c(F)c2)CCCC1. The minimum atomic E-state index is -1.58. The molecule has 1 aliphatic rings. The third-order valence-electron chi connectivity index (χ3n) is 3.58. The van der Waals surface area contributed by atoms with Gasteiger partial charge in [-0.25, -0.2) is 13.2 Å². The second-order valence-corrected chi connectivity index (χ2v) is 4.90. The van der Waals surface area contributed by atoms with E-state index in [0.29, 0.717) is 12.1 Å². The van der Waals surface area contributed by atoms with Crippen LogP contribution in [0.15, 0.2) is 12.1 Å². The quantitative estimate of drug-likeness (QED) is 0.843. The molecule has 3 N–H and O–H groups in total. The molecule has 2 rings (SSSR count). The zero-order chi connectivity index (χ0) is 14.0. The molecule has 20 heavy (non-hydrogen) atoms. The summed E-state index contributed by atoms with van der Waals surface area (Å²) in [6.45, 7) is 0.269. The van der Waals surface area contributed by atoms with Crippen LogP contribution in [0.25, 0.3) is 0 Å². The molecule has 1 aromatic carbocycles. The fourth-order valence-corrected chi connectivity index (χ4v) is 2.43. The second-order valence-electron chi connectivity index (χ2n) is 4.90. The first-order valence-electron chi connectivity index (χ1n) is 6.14. The molecule has 3 nitrogen and oxygen atoms in total. The van der Waals surface area contributed by atoms with Crippen LogP contribution in [-0.2, 0) is 0 Å². The third kappa shape index (κ3) is 3.24. The van der Waals surface area contributed by atoms with Crippen molar-refractivity contribution in [2.24, 2.45) is 5.73 Å². The average Bonchev–Trinajstić information content (AvgIpc) is 2.84. The van der Waals surface area contributed by atoms with Crippen molar-refractivity contribution in [1.29, 1.82) is 0 Å². The molecule has 0 unspecified atom stereocenters. The minimum absolute atomic E-state index is 0. The first-order chi connectivity index (χ1) is 8.97.